The van der Waals surface area contributed by atoms with Crippen LogP contribution in [0.25, 0.3) is 11.1 Å². The van der Waals surface area contributed by atoms with Crippen LogP contribution >= 0.6 is 11.6 Å². The maximum Gasteiger partial charge on any atom is 0.328 e. The number of anilines is 2. The van der Waals surface area contributed by atoms with E-state index in [2.05, 4.69) is 5.32 Å². The number of rotatable bonds is 3. The van der Waals surface area contributed by atoms with Crippen molar-refractivity contribution in [2.75, 3.05) is 43.2 Å². The summed E-state index contributed by atoms with van der Waals surface area (Å²) in [6.07, 6.45) is 1.03. The largest absolute Gasteiger partial charge is 0.379 e. The Labute approximate surface area is 190 Å². The summed E-state index contributed by atoms with van der Waals surface area (Å²) in [6, 6.07) is 12.7. The number of amides is 5. The van der Waals surface area contributed by atoms with E-state index in [9.17, 15) is 14.4 Å². The molecule has 3 heterocycles. The van der Waals surface area contributed by atoms with Gasteiger partial charge < -0.3 is 9.64 Å². The Morgan fingerprint density at radius 1 is 1.09 bits per heavy atom. The van der Waals surface area contributed by atoms with Crippen molar-refractivity contribution >= 4 is 40.9 Å². The van der Waals surface area contributed by atoms with E-state index >= 15 is 0 Å². The molecular weight excluding hydrogens is 432 g/mol. The van der Waals surface area contributed by atoms with Crippen molar-refractivity contribution in [2.24, 2.45) is 0 Å². The van der Waals surface area contributed by atoms with Crippen molar-refractivity contribution in [1.82, 2.24) is 10.2 Å². The number of urea groups is 2. The standard InChI is InChI=1S/C23H23ClN4O4/c1-26-13-23(10-12-32-14-23)28(22(26)31)16-7-5-15(6-8-16)17-3-2-4-18(20(17)24)27-11-9-19(29)25-21(27)30/h2-8H,9-14H2,1H3,(H,25,29,30). The molecule has 2 aromatic rings. The van der Waals surface area contributed by atoms with Gasteiger partial charge in [0, 0.05) is 44.4 Å². The number of hydrogen-bond acceptors (Lipinski definition) is 4. The van der Waals surface area contributed by atoms with Gasteiger partial charge in [-0.05, 0) is 30.2 Å². The molecule has 3 saturated heterocycles. The van der Waals surface area contributed by atoms with E-state index in [1.807, 2.05) is 48.3 Å². The Bertz CT molecular complexity index is 1100. The van der Waals surface area contributed by atoms with E-state index in [1.165, 1.54) is 4.90 Å². The van der Waals surface area contributed by atoms with Gasteiger partial charge in [0.1, 0.15) is 0 Å². The maximum atomic E-state index is 12.9. The quantitative estimate of drug-likeness (QED) is 0.769. The van der Waals surface area contributed by atoms with Crippen LogP contribution in [0.15, 0.2) is 42.5 Å². The van der Waals surface area contributed by atoms with Crippen molar-refractivity contribution in [3.63, 3.8) is 0 Å². The van der Waals surface area contributed by atoms with Crippen LogP contribution in [0.3, 0.4) is 0 Å². The molecule has 0 radical (unpaired) electrons. The van der Waals surface area contributed by atoms with Crippen LogP contribution in [0, 0.1) is 0 Å². The lowest BCUT2D eigenvalue weighted by Crippen LogP contribution is -2.49. The number of carbonyl (C=O) groups is 3. The topological polar surface area (TPSA) is 82.2 Å². The number of benzene rings is 2. The number of halogens is 1. The normalized spacial score (nSPS) is 23.4. The Balaban J connectivity index is 1.45. The highest BCUT2D eigenvalue weighted by Gasteiger charge is 2.51. The van der Waals surface area contributed by atoms with Crippen molar-refractivity contribution in [1.29, 1.82) is 0 Å². The van der Waals surface area contributed by atoms with E-state index in [0.717, 1.165) is 23.2 Å². The summed E-state index contributed by atoms with van der Waals surface area (Å²) >= 11 is 6.69. The van der Waals surface area contributed by atoms with Crippen molar-refractivity contribution < 1.29 is 19.1 Å². The lowest BCUT2D eigenvalue weighted by Gasteiger charge is -2.32. The average molecular weight is 455 g/mol. The Morgan fingerprint density at radius 2 is 1.88 bits per heavy atom. The first-order valence-electron chi connectivity index (χ1n) is 10.5. The Hall–Kier alpha value is -3.10. The summed E-state index contributed by atoms with van der Waals surface area (Å²) in [7, 11) is 1.81. The van der Waals surface area contributed by atoms with Gasteiger partial charge in [0.2, 0.25) is 5.91 Å². The second-order valence-corrected chi connectivity index (χ2v) is 8.82. The van der Waals surface area contributed by atoms with Crippen LogP contribution < -0.4 is 15.1 Å². The van der Waals surface area contributed by atoms with Gasteiger partial charge in [0.15, 0.2) is 0 Å². The zero-order valence-electron chi connectivity index (χ0n) is 17.6. The van der Waals surface area contributed by atoms with Crippen molar-refractivity contribution in [2.45, 2.75) is 18.4 Å². The molecule has 1 N–H and O–H groups in total. The molecule has 3 fully saturated rings. The first-order valence-corrected chi connectivity index (χ1v) is 10.9. The van der Waals surface area contributed by atoms with Gasteiger partial charge in [-0.25, -0.2) is 9.59 Å². The maximum absolute atomic E-state index is 12.9. The van der Waals surface area contributed by atoms with Gasteiger partial charge in [-0.15, -0.1) is 0 Å². The fourth-order valence-corrected chi connectivity index (χ4v) is 5.11. The van der Waals surface area contributed by atoms with Crippen LogP contribution in [-0.2, 0) is 9.53 Å². The third-order valence-corrected chi connectivity index (χ3v) is 6.76. The fraction of sp³-hybridized carbons (Fsp3) is 0.348. The Morgan fingerprint density at radius 3 is 2.56 bits per heavy atom. The summed E-state index contributed by atoms with van der Waals surface area (Å²) in [6.45, 7) is 2.09. The zero-order chi connectivity index (χ0) is 22.5. The molecule has 32 heavy (non-hydrogen) atoms. The van der Waals surface area contributed by atoms with Gasteiger partial charge in [0.05, 0.1) is 22.9 Å². The average Bonchev–Trinajstić information content (AvgIpc) is 3.33. The molecule has 3 aliphatic rings. The SMILES string of the molecule is CN1CC2(CCOC2)N(c2ccc(-c3cccc(N4CCC(=O)NC4=O)c3Cl)cc2)C1=O. The number of imide groups is 1. The third-order valence-electron chi connectivity index (χ3n) is 6.37. The minimum Gasteiger partial charge on any atom is -0.379 e. The first kappa shape index (κ1) is 20.8. The second kappa shape index (κ2) is 7.79. The molecule has 166 valence electrons. The summed E-state index contributed by atoms with van der Waals surface area (Å²) < 4.78 is 5.63. The third kappa shape index (κ3) is 3.30. The van der Waals surface area contributed by atoms with Crippen molar-refractivity contribution in [3.8, 4) is 11.1 Å². The van der Waals surface area contributed by atoms with E-state index in [-0.39, 0.29) is 30.4 Å². The lowest BCUT2D eigenvalue weighted by atomic mass is 9.96. The monoisotopic (exact) mass is 454 g/mol. The van der Waals surface area contributed by atoms with E-state index in [1.54, 1.807) is 11.0 Å². The molecule has 0 aromatic heterocycles. The molecule has 3 aliphatic heterocycles. The molecular formula is C23H23ClN4O4. The lowest BCUT2D eigenvalue weighted by molar-refractivity contribution is -0.120. The van der Waals surface area contributed by atoms with Gasteiger partial charge in [0.25, 0.3) is 0 Å². The molecule has 0 aliphatic carbocycles. The molecule has 5 rings (SSSR count). The van der Waals surface area contributed by atoms with Gasteiger partial charge >= 0.3 is 12.1 Å². The van der Waals surface area contributed by atoms with E-state index in [0.29, 0.717) is 30.5 Å². The minimum atomic E-state index is -0.476. The fourth-order valence-electron chi connectivity index (χ4n) is 4.77. The molecule has 0 saturated carbocycles. The molecule has 9 heteroatoms. The van der Waals surface area contributed by atoms with Gasteiger partial charge in [-0.3, -0.25) is 19.9 Å². The number of nitrogens with zero attached hydrogens (tertiary/aromatic N) is 3. The zero-order valence-corrected chi connectivity index (χ0v) is 18.4. The molecule has 8 nitrogen and oxygen atoms in total. The van der Waals surface area contributed by atoms with Crippen LogP contribution in [0.5, 0.6) is 0 Å². The smallest absolute Gasteiger partial charge is 0.328 e. The number of nitrogens with one attached hydrogen (secondary N) is 1. The van der Waals surface area contributed by atoms with Crippen LogP contribution in [-0.4, -0.2) is 61.8 Å². The predicted octanol–water partition coefficient (Wildman–Crippen LogP) is 3.48. The summed E-state index contributed by atoms with van der Waals surface area (Å²) in [5.74, 6) is -0.290. The summed E-state index contributed by atoms with van der Waals surface area (Å²) in [4.78, 5) is 41.6. The number of ether oxygens (including phenoxy) is 1. The highest BCUT2D eigenvalue weighted by atomic mass is 35.5. The van der Waals surface area contributed by atoms with Gasteiger partial charge in [-0.1, -0.05) is 35.9 Å². The number of carbonyl (C=O) groups excluding carboxylic acids is 3. The number of hydrogen-bond donors (Lipinski definition) is 1. The predicted molar refractivity (Wildman–Crippen MR) is 121 cm³/mol. The molecule has 2 aromatic carbocycles. The van der Waals surface area contributed by atoms with Crippen molar-refractivity contribution in [3.05, 3.63) is 47.5 Å². The molecule has 0 bridgehead atoms. The van der Waals surface area contributed by atoms with Crippen LogP contribution in [0.4, 0.5) is 21.0 Å². The van der Waals surface area contributed by atoms with Crippen LogP contribution in [0.2, 0.25) is 5.02 Å². The second-order valence-electron chi connectivity index (χ2n) is 8.44. The first-order chi connectivity index (χ1) is 15.4. The Kier molecular flexibility index (Phi) is 5.06. The molecule has 1 atom stereocenters. The van der Waals surface area contributed by atoms with Crippen LogP contribution in [0.1, 0.15) is 12.8 Å². The van der Waals surface area contributed by atoms with E-state index in [4.69, 9.17) is 16.3 Å². The minimum absolute atomic E-state index is 0.0334. The highest BCUT2D eigenvalue weighted by molar-refractivity contribution is 6.36. The van der Waals surface area contributed by atoms with E-state index < -0.39 is 6.03 Å². The molecule has 5 amide bonds. The highest BCUT2D eigenvalue weighted by Crippen LogP contribution is 2.40. The molecule has 1 unspecified atom stereocenters. The number of likely N-dealkylation sites (N-methyl/N-ethyl adjacent to an activating group) is 1. The van der Waals surface area contributed by atoms with Gasteiger partial charge in [-0.2, -0.15) is 0 Å². The summed E-state index contributed by atoms with van der Waals surface area (Å²) in [5, 5.41) is 2.76. The molecule has 1 spiro atoms. The summed E-state index contributed by atoms with van der Waals surface area (Å²) in [5.41, 5.74) is 2.67.